The smallest absolute Gasteiger partial charge is 0.171 e. The molecule has 1 heterocycles. The lowest BCUT2D eigenvalue weighted by Gasteiger charge is -2.42. The van der Waals surface area contributed by atoms with E-state index in [-0.39, 0.29) is 5.78 Å². The first kappa shape index (κ1) is 15.6. The van der Waals surface area contributed by atoms with E-state index in [1.807, 2.05) is 19.2 Å². The lowest BCUT2D eigenvalue weighted by Crippen LogP contribution is -2.47. The number of carbonyl (C=O) groups is 1. The molecule has 0 spiro atoms. The van der Waals surface area contributed by atoms with Gasteiger partial charge in [0.25, 0.3) is 0 Å². The molecule has 4 heteroatoms. The summed E-state index contributed by atoms with van der Waals surface area (Å²) in [6.45, 7) is 9.09. The van der Waals surface area contributed by atoms with E-state index in [9.17, 15) is 4.79 Å². The van der Waals surface area contributed by atoms with Gasteiger partial charge >= 0.3 is 0 Å². The quantitative estimate of drug-likeness (QED) is 0.826. The molecule has 1 aromatic heterocycles. The van der Waals surface area contributed by atoms with Gasteiger partial charge in [0.15, 0.2) is 5.78 Å². The fourth-order valence-electron chi connectivity index (χ4n) is 2.89. The molecule has 1 fully saturated rings. The van der Waals surface area contributed by atoms with E-state index in [2.05, 4.69) is 18.8 Å². The summed E-state index contributed by atoms with van der Waals surface area (Å²) in [7, 11) is 0. The highest BCUT2D eigenvalue weighted by molar-refractivity contribution is 7.09. The summed E-state index contributed by atoms with van der Waals surface area (Å²) in [5.41, 5.74) is 0.760. The summed E-state index contributed by atoms with van der Waals surface area (Å²) in [6, 6.07) is 0. The normalized spacial score (nSPS) is 20.8. The molecule has 20 heavy (non-hydrogen) atoms. The van der Waals surface area contributed by atoms with Crippen molar-refractivity contribution in [3.63, 3.8) is 0 Å². The Hall–Kier alpha value is -0.740. The van der Waals surface area contributed by atoms with E-state index in [0.717, 1.165) is 36.4 Å². The van der Waals surface area contributed by atoms with Crippen molar-refractivity contribution in [3.05, 3.63) is 16.1 Å². The van der Waals surface area contributed by atoms with Gasteiger partial charge in [0.05, 0.1) is 6.42 Å². The van der Waals surface area contributed by atoms with Crippen molar-refractivity contribution >= 4 is 17.1 Å². The third-order valence-corrected chi connectivity index (χ3v) is 5.29. The van der Waals surface area contributed by atoms with Gasteiger partial charge in [0.2, 0.25) is 0 Å². The minimum Gasteiger partial charge on any atom is -0.367 e. The van der Waals surface area contributed by atoms with E-state index in [1.54, 1.807) is 11.3 Å². The van der Waals surface area contributed by atoms with E-state index in [1.165, 1.54) is 0 Å². The Morgan fingerprint density at radius 3 is 2.50 bits per heavy atom. The van der Waals surface area contributed by atoms with Gasteiger partial charge < -0.3 is 4.74 Å². The maximum Gasteiger partial charge on any atom is 0.171 e. The second-order valence-electron chi connectivity index (χ2n) is 6.57. The second kappa shape index (κ2) is 5.94. The average molecular weight is 295 g/mol. The van der Waals surface area contributed by atoms with Crippen LogP contribution < -0.4 is 0 Å². The molecule has 0 atom stereocenters. The first-order valence-electron chi connectivity index (χ1n) is 7.45. The average Bonchev–Trinajstić information content (AvgIpc) is 2.78. The van der Waals surface area contributed by atoms with Gasteiger partial charge in [-0.2, -0.15) is 0 Å². The molecule has 0 bridgehead atoms. The molecule has 0 amide bonds. The number of hydrogen-bond acceptors (Lipinski definition) is 4. The van der Waals surface area contributed by atoms with Gasteiger partial charge in [-0.3, -0.25) is 4.79 Å². The fraction of sp³-hybridized carbons (Fsp3) is 0.750. The molecule has 0 N–H and O–H groups in total. The van der Waals surface area contributed by atoms with E-state index >= 15 is 0 Å². The minimum atomic E-state index is -0.566. The van der Waals surface area contributed by atoms with E-state index in [4.69, 9.17) is 4.74 Å². The topological polar surface area (TPSA) is 39.2 Å². The zero-order valence-electron chi connectivity index (χ0n) is 13.0. The summed E-state index contributed by atoms with van der Waals surface area (Å²) < 4.78 is 5.93. The van der Waals surface area contributed by atoms with E-state index < -0.39 is 5.60 Å². The molecule has 0 aliphatic heterocycles. The lowest BCUT2D eigenvalue weighted by atomic mass is 9.69. The van der Waals surface area contributed by atoms with Crippen LogP contribution in [0.5, 0.6) is 0 Å². The lowest BCUT2D eigenvalue weighted by molar-refractivity contribution is -0.151. The second-order valence-corrected chi connectivity index (χ2v) is 7.52. The predicted octanol–water partition coefficient (Wildman–Crippen LogP) is 3.94. The molecule has 1 saturated carbocycles. The van der Waals surface area contributed by atoms with E-state index in [0.29, 0.717) is 18.4 Å². The predicted molar refractivity (Wildman–Crippen MR) is 82.2 cm³/mol. The van der Waals surface area contributed by atoms with Gasteiger partial charge in [-0.1, -0.05) is 13.8 Å². The third kappa shape index (κ3) is 3.47. The van der Waals surface area contributed by atoms with Crippen LogP contribution in [0, 0.1) is 12.3 Å². The largest absolute Gasteiger partial charge is 0.367 e. The van der Waals surface area contributed by atoms with Crippen molar-refractivity contribution in [2.75, 3.05) is 6.61 Å². The molecule has 0 radical (unpaired) electrons. The Kier molecular flexibility index (Phi) is 4.65. The molecular formula is C16H25NO2S. The highest BCUT2D eigenvalue weighted by Gasteiger charge is 2.44. The van der Waals surface area contributed by atoms with Crippen LogP contribution in [0.3, 0.4) is 0 Å². The zero-order chi connectivity index (χ0) is 14.8. The first-order chi connectivity index (χ1) is 9.37. The molecule has 0 saturated heterocycles. The Morgan fingerprint density at radius 2 is 2.00 bits per heavy atom. The maximum absolute atomic E-state index is 12.7. The summed E-state index contributed by atoms with van der Waals surface area (Å²) in [5.74, 6) is 0.212. The molecule has 2 rings (SSSR count). The van der Waals surface area contributed by atoms with Gasteiger partial charge in [0, 0.05) is 17.7 Å². The number of ketones is 1. The Bertz CT molecular complexity index is 469. The number of hydrogen-bond donors (Lipinski definition) is 0. The van der Waals surface area contributed by atoms with Crippen LogP contribution in [0.1, 0.15) is 57.2 Å². The number of thiazole rings is 1. The maximum atomic E-state index is 12.7. The van der Waals surface area contributed by atoms with Crippen LogP contribution in [0.4, 0.5) is 0 Å². The number of rotatable bonds is 5. The van der Waals surface area contributed by atoms with Gasteiger partial charge in [-0.05, 0) is 44.9 Å². The summed E-state index contributed by atoms with van der Waals surface area (Å²) in [6.07, 6.45) is 4.21. The standard InChI is InChI=1S/C16H25NO2S/c1-5-19-16(8-6-15(3,4)7-9-16)13(18)10-14-17-12(2)11-20-14/h11H,5-10H2,1-4H3. The Balaban J connectivity index is 2.10. The highest BCUT2D eigenvalue weighted by Crippen LogP contribution is 2.43. The molecular weight excluding hydrogens is 270 g/mol. The van der Waals surface area contributed by atoms with Gasteiger partial charge in [0.1, 0.15) is 10.6 Å². The zero-order valence-corrected chi connectivity index (χ0v) is 13.8. The van der Waals surface area contributed by atoms with Gasteiger partial charge in [-0.15, -0.1) is 11.3 Å². The van der Waals surface area contributed by atoms with Crippen LogP contribution in [0.25, 0.3) is 0 Å². The first-order valence-corrected chi connectivity index (χ1v) is 8.33. The van der Waals surface area contributed by atoms with Crippen molar-refractivity contribution in [2.24, 2.45) is 5.41 Å². The van der Waals surface area contributed by atoms with Crippen molar-refractivity contribution in [2.45, 2.75) is 65.4 Å². The molecule has 3 nitrogen and oxygen atoms in total. The molecule has 0 unspecified atom stereocenters. The highest BCUT2D eigenvalue weighted by atomic mass is 32.1. The number of aryl methyl sites for hydroxylation is 1. The Morgan fingerprint density at radius 1 is 1.35 bits per heavy atom. The minimum absolute atomic E-state index is 0.212. The number of nitrogens with zero attached hydrogens (tertiary/aromatic N) is 1. The van der Waals surface area contributed by atoms with Crippen molar-refractivity contribution in [1.82, 2.24) is 4.98 Å². The van der Waals surface area contributed by atoms with Crippen LogP contribution in [0.15, 0.2) is 5.38 Å². The van der Waals surface area contributed by atoms with Crippen LogP contribution >= 0.6 is 11.3 Å². The number of carbonyl (C=O) groups excluding carboxylic acids is 1. The van der Waals surface area contributed by atoms with Crippen LogP contribution in [0.2, 0.25) is 0 Å². The molecule has 1 aromatic rings. The third-order valence-electron chi connectivity index (χ3n) is 4.32. The number of aromatic nitrogens is 1. The molecule has 1 aliphatic rings. The monoisotopic (exact) mass is 295 g/mol. The van der Waals surface area contributed by atoms with Crippen molar-refractivity contribution in [3.8, 4) is 0 Å². The van der Waals surface area contributed by atoms with Crippen molar-refractivity contribution in [1.29, 1.82) is 0 Å². The number of ether oxygens (including phenoxy) is 1. The molecule has 112 valence electrons. The Labute approximate surface area is 125 Å². The summed E-state index contributed by atoms with van der Waals surface area (Å²) >= 11 is 1.57. The number of Topliss-reactive ketones (excluding diaryl/α,β-unsaturated/α-hetero) is 1. The summed E-state index contributed by atoms with van der Waals surface area (Å²) in [4.78, 5) is 17.1. The molecule has 0 aromatic carbocycles. The van der Waals surface area contributed by atoms with Crippen LogP contribution in [-0.2, 0) is 16.0 Å². The molecule has 1 aliphatic carbocycles. The van der Waals surface area contributed by atoms with Crippen molar-refractivity contribution < 1.29 is 9.53 Å². The van der Waals surface area contributed by atoms with Crippen LogP contribution in [-0.4, -0.2) is 23.0 Å². The SMILES string of the molecule is CCOC1(C(=O)Cc2nc(C)cs2)CCC(C)(C)CC1. The van der Waals surface area contributed by atoms with Gasteiger partial charge in [-0.25, -0.2) is 4.98 Å². The fourth-order valence-corrected chi connectivity index (χ4v) is 3.66. The summed E-state index contributed by atoms with van der Waals surface area (Å²) in [5, 5.41) is 2.91.